The van der Waals surface area contributed by atoms with Crippen molar-refractivity contribution in [2.45, 2.75) is 32.7 Å². The molecule has 1 N–H and O–H groups in total. The Balaban J connectivity index is 2.06. The SMILES string of the molecule is CCN1CCC(C(C)Nc2c(C#N)cccc2OC)CC1. The average molecular weight is 287 g/mol. The first-order valence-electron chi connectivity index (χ1n) is 7.75. The number of methoxy groups -OCH3 is 1. The molecule has 21 heavy (non-hydrogen) atoms. The van der Waals surface area contributed by atoms with E-state index < -0.39 is 0 Å². The monoisotopic (exact) mass is 287 g/mol. The molecule has 0 amide bonds. The molecule has 0 bridgehead atoms. The first kappa shape index (κ1) is 15.7. The smallest absolute Gasteiger partial charge is 0.143 e. The lowest BCUT2D eigenvalue weighted by Gasteiger charge is -2.35. The zero-order valence-corrected chi connectivity index (χ0v) is 13.2. The Hall–Kier alpha value is -1.73. The number of piperidine rings is 1. The van der Waals surface area contributed by atoms with E-state index in [0.717, 1.165) is 18.0 Å². The summed E-state index contributed by atoms with van der Waals surface area (Å²) < 4.78 is 5.39. The van der Waals surface area contributed by atoms with Crippen LogP contribution in [0.2, 0.25) is 0 Å². The maximum absolute atomic E-state index is 9.28. The highest BCUT2D eigenvalue weighted by Gasteiger charge is 2.24. The van der Waals surface area contributed by atoms with Gasteiger partial charge in [-0.25, -0.2) is 0 Å². The minimum absolute atomic E-state index is 0.340. The maximum Gasteiger partial charge on any atom is 0.143 e. The molecule has 1 aromatic carbocycles. The minimum atomic E-state index is 0.340. The van der Waals surface area contributed by atoms with E-state index in [4.69, 9.17) is 4.74 Å². The van der Waals surface area contributed by atoms with Gasteiger partial charge in [0.2, 0.25) is 0 Å². The lowest BCUT2D eigenvalue weighted by Crippen LogP contribution is -2.39. The van der Waals surface area contributed by atoms with Gasteiger partial charge in [-0.3, -0.25) is 0 Å². The Morgan fingerprint density at radius 2 is 2.14 bits per heavy atom. The molecule has 1 heterocycles. The number of hydrogen-bond donors (Lipinski definition) is 1. The highest BCUT2D eigenvalue weighted by Crippen LogP contribution is 2.31. The Morgan fingerprint density at radius 3 is 2.71 bits per heavy atom. The van der Waals surface area contributed by atoms with Gasteiger partial charge in [-0.2, -0.15) is 5.26 Å². The van der Waals surface area contributed by atoms with Gasteiger partial charge in [0.1, 0.15) is 11.8 Å². The molecule has 4 nitrogen and oxygen atoms in total. The van der Waals surface area contributed by atoms with E-state index in [-0.39, 0.29) is 0 Å². The van der Waals surface area contributed by atoms with Gasteiger partial charge < -0.3 is 15.0 Å². The van der Waals surface area contributed by atoms with Gasteiger partial charge in [0, 0.05) is 6.04 Å². The second-order valence-corrected chi connectivity index (χ2v) is 5.70. The van der Waals surface area contributed by atoms with Crippen molar-refractivity contribution >= 4 is 5.69 Å². The Labute approximate surface area is 127 Å². The molecule has 0 radical (unpaired) electrons. The molecule has 4 heteroatoms. The summed E-state index contributed by atoms with van der Waals surface area (Å²) >= 11 is 0. The number of nitriles is 1. The topological polar surface area (TPSA) is 48.3 Å². The summed E-state index contributed by atoms with van der Waals surface area (Å²) in [6.45, 7) is 7.91. The summed E-state index contributed by atoms with van der Waals surface area (Å²) in [5.41, 5.74) is 1.47. The molecule has 0 aromatic heterocycles. The zero-order valence-electron chi connectivity index (χ0n) is 13.2. The van der Waals surface area contributed by atoms with Crippen LogP contribution < -0.4 is 10.1 Å². The zero-order chi connectivity index (χ0) is 15.2. The Bertz CT molecular complexity index is 501. The van der Waals surface area contributed by atoms with E-state index in [2.05, 4.69) is 30.1 Å². The fourth-order valence-corrected chi connectivity index (χ4v) is 3.06. The van der Waals surface area contributed by atoms with Crippen LogP contribution in [0.15, 0.2) is 18.2 Å². The summed E-state index contributed by atoms with van der Waals surface area (Å²) in [7, 11) is 1.64. The first-order chi connectivity index (χ1) is 10.2. The third-order valence-electron chi connectivity index (χ3n) is 4.53. The predicted molar refractivity (Wildman–Crippen MR) is 85.6 cm³/mol. The van der Waals surface area contributed by atoms with E-state index in [1.165, 1.54) is 25.9 Å². The summed E-state index contributed by atoms with van der Waals surface area (Å²) in [4.78, 5) is 2.49. The molecule has 1 unspecified atom stereocenters. The molecule has 1 aromatic rings. The summed E-state index contributed by atoms with van der Waals surface area (Å²) in [5, 5.41) is 12.8. The Kier molecular flexibility index (Phi) is 5.46. The van der Waals surface area contributed by atoms with Crippen LogP contribution in [0.1, 0.15) is 32.3 Å². The maximum atomic E-state index is 9.28. The van der Waals surface area contributed by atoms with Crippen LogP contribution in [0.4, 0.5) is 5.69 Å². The molecule has 0 spiro atoms. The van der Waals surface area contributed by atoms with Crippen LogP contribution in [0, 0.1) is 17.2 Å². The number of hydrogen-bond acceptors (Lipinski definition) is 4. The number of rotatable bonds is 5. The quantitative estimate of drug-likeness (QED) is 0.904. The largest absolute Gasteiger partial charge is 0.495 e. The fourth-order valence-electron chi connectivity index (χ4n) is 3.06. The minimum Gasteiger partial charge on any atom is -0.495 e. The molecule has 1 saturated heterocycles. The predicted octanol–water partition coefficient (Wildman–Crippen LogP) is 3.10. The molecular weight excluding hydrogens is 262 g/mol. The lowest BCUT2D eigenvalue weighted by molar-refractivity contribution is 0.183. The van der Waals surface area contributed by atoms with Crippen LogP contribution in [0.5, 0.6) is 5.75 Å². The van der Waals surface area contributed by atoms with Crippen molar-refractivity contribution in [3.63, 3.8) is 0 Å². The van der Waals surface area contributed by atoms with Crippen LogP contribution in [0.3, 0.4) is 0 Å². The van der Waals surface area contributed by atoms with Crippen LogP contribution in [-0.4, -0.2) is 37.7 Å². The number of para-hydroxylation sites is 1. The van der Waals surface area contributed by atoms with Crippen molar-refractivity contribution < 1.29 is 4.74 Å². The van der Waals surface area contributed by atoms with E-state index >= 15 is 0 Å². The van der Waals surface area contributed by atoms with E-state index in [9.17, 15) is 5.26 Å². The van der Waals surface area contributed by atoms with Gasteiger partial charge in [0.25, 0.3) is 0 Å². The number of nitrogens with zero attached hydrogens (tertiary/aromatic N) is 2. The Morgan fingerprint density at radius 1 is 1.43 bits per heavy atom. The van der Waals surface area contributed by atoms with Crippen molar-refractivity contribution in [1.82, 2.24) is 4.90 Å². The van der Waals surface area contributed by atoms with Crippen molar-refractivity contribution in [2.24, 2.45) is 5.92 Å². The summed E-state index contributed by atoms with van der Waals surface area (Å²) in [6, 6.07) is 8.17. The van der Waals surface area contributed by atoms with Gasteiger partial charge in [-0.15, -0.1) is 0 Å². The lowest BCUT2D eigenvalue weighted by atomic mass is 9.90. The molecule has 2 rings (SSSR count). The van der Waals surface area contributed by atoms with Crippen molar-refractivity contribution in [3.8, 4) is 11.8 Å². The highest BCUT2D eigenvalue weighted by molar-refractivity contribution is 5.66. The summed E-state index contributed by atoms with van der Waals surface area (Å²) in [6.07, 6.45) is 2.41. The van der Waals surface area contributed by atoms with Crippen LogP contribution >= 0.6 is 0 Å². The number of nitrogens with one attached hydrogen (secondary N) is 1. The molecule has 114 valence electrons. The van der Waals surface area contributed by atoms with E-state index in [1.807, 2.05) is 18.2 Å². The number of anilines is 1. The number of likely N-dealkylation sites (tertiary alicyclic amines) is 1. The molecule has 0 aliphatic carbocycles. The standard InChI is InChI=1S/C17H25N3O/c1-4-20-10-8-14(9-11-20)13(2)19-17-15(12-18)6-5-7-16(17)21-3/h5-7,13-14,19H,4,8-11H2,1-3H3. The van der Waals surface area contributed by atoms with Gasteiger partial charge >= 0.3 is 0 Å². The molecule has 0 saturated carbocycles. The van der Waals surface area contributed by atoms with E-state index in [0.29, 0.717) is 17.5 Å². The number of benzene rings is 1. The van der Waals surface area contributed by atoms with Crippen LogP contribution in [-0.2, 0) is 0 Å². The van der Waals surface area contributed by atoms with Gasteiger partial charge in [-0.1, -0.05) is 13.0 Å². The first-order valence-corrected chi connectivity index (χ1v) is 7.75. The van der Waals surface area contributed by atoms with Crippen molar-refractivity contribution in [3.05, 3.63) is 23.8 Å². The highest BCUT2D eigenvalue weighted by atomic mass is 16.5. The summed E-state index contributed by atoms with van der Waals surface area (Å²) in [5.74, 6) is 1.39. The van der Waals surface area contributed by atoms with Gasteiger partial charge in [-0.05, 0) is 57.5 Å². The van der Waals surface area contributed by atoms with Gasteiger partial charge in [0.15, 0.2) is 0 Å². The normalized spacial score (nSPS) is 18.0. The molecule has 1 atom stereocenters. The third-order valence-corrected chi connectivity index (χ3v) is 4.53. The second-order valence-electron chi connectivity index (χ2n) is 5.70. The second kappa shape index (κ2) is 7.33. The van der Waals surface area contributed by atoms with Crippen LogP contribution in [0.25, 0.3) is 0 Å². The van der Waals surface area contributed by atoms with Crippen molar-refractivity contribution in [1.29, 1.82) is 5.26 Å². The van der Waals surface area contributed by atoms with Crippen molar-refractivity contribution in [2.75, 3.05) is 32.1 Å². The molecular formula is C17H25N3O. The fraction of sp³-hybridized carbons (Fsp3) is 0.588. The molecule has 1 aliphatic heterocycles. The average Bonchev–Trinajstić information content (AvgIpc) is 2.55. The molecule has 1 fully saturated rings. The molecule has 1 aliphatic rings. The number of ether oxygens (including phenoxy) is 1. The van der Waals surface area contributed by atoms with E-state index in [1.54, 1.807) is 7.11 Å². The third kappa shape index (κ3) is 3.68. The van der Waals surface area contributed by atoms with Gasteiger partial charge in [0.05, 0.1) is 18.4 Å².